The van der Waals surface area contributed by atoms with Crippen molar-refractivity contribution in [2.75, 3.05) is 7.11 Å². The number of amides is 1. The molecule has 1 aliphatic heterocycles. The number of ether oxygens (including phenoxy) is 2. The summed E-state index contributed by atoms with van der Waals surface area (Å²) in [5, 5.41) is 3.94. The van der Waals surface area contributed by atoms with E-state index in [9.17, 15) is 4.79 Å². The minimum Gasteiger partial charge on any atom is -0.493 e. The minimum atomic E-state index is -0.214. The standard InChI is InChI=1S/C25H20BrClN2O3S/c1-15-19(27)9-6-10-20(15)28-25-29-24(30)23(33-25)12-17-11-21(31-2)22(13-18(17)26)32-14-16-7-4-3-5-8-16/h3-13H,14H2,1-2H3,(H,28,29,30)/b23-12+. The van der Waals surface area contributed by atoms with Crippen molar-refractivity contribution in [3.8, 4) is 11.5 Å². The Morgan fingerprint density at radius 2 is 1.91 bits per heavy atom. The van der Waals surface area contributed by atoms with Crippen LogP contribution in [0.2, 0.25) is 5.02 Å². The van der Waals surface area contributed by atoms with E-state index in [4.69, 9.17) is 21.1 Å². The molecule has 0 spiro atoms. The Morgan fingerprint density at radius 3 is 2.67 bits per heavy atom. The van der Waals surface area contributed by atoms with Crippen LogP contribution in [0.3, 0.4) is 0 Å². The molecule has 1 fully saturated rings. The summed E-state index contributed by atoms with van der Waals surface area (Å²) in [6.07, 6.45) is 1.79. The quantitative estimate of drug-likeness (QED) is 0.344. The average molecular weight is 544 g/mol. The molecule has 3 aromatic carbocycles. The van der Waals surface area contributed by atoms with Crippen LogP contribution < -0.4 is 14.8 Å². The van der Waals surface area contributed by atoms with Gasteiger partial charge in [0.25, 0.3) is 5.91 Å². The number of rotatable bonds is 6. The van der Waals surface area contributed by atoms with E-state index in [2.05, 4.69) is 26.2 Å². The first-order valence-corrected chi connectivity index (χ1v) is 12.0. The monoisotopic (exact) mass is 542 g/mol. The zero-order chi connectivity index (χ0) is 23.4. The predicted molar refractivity (Wildman–Crippen MR) is 138 cm³/mol. The second-order valence-electron chi connectivity index (χ2n) is 7.16. The first kappa shape index (κ1) is 23.4. The molecule has 0 aliphatic carbocycles. The number of nitrogens with zero attached hydrogens (tertiary/aromatic N) is 1. The van der Waals surface area contributed by atoms with Crippen molar-refractivity contribution in [3.05, 3.63) is 91.8 Å². The van der Waals surface area contributed by atoms with Crippen molar-refractivity contribution in [1.29, 1.82) is 0 Å². The number of nitrogens with one attached hydrogen (secondary N) is 1. The van der Waals surface area contributed by atoms with Crippen LogP contribution in [0.15, 0.2) is 75.0 Å². The number of thioether (sulfide) groups is 1. The van der Waals surface area contributed by atoms with Gasteiger partial charge in [0.15, 0.2) is 16.7 Å². The number of methoxy groups -OCH3 is 1. The molecule has 33 heavy (non-hydrogen) atoms. The normalized spacial score (nSPS) is 15.7. The molecule has 1 aliphatic rings. The van der Waals surface area contributed by atoms with Crippen LogP contribution in [-0.2, 0) is 11.4 Å². The van der Waals surface area contributed by atoms with Gasteiger partial charge in [-0.25, -0.2) is 4.99 Å². The largest absolute Gasteiger partial charge is 0.493 e. The Balaban J connectivity index is 1.56. The molecule has 1 heterocycles. The van der Waals surface area contributed by atoms with Gasteiger partial charge in [-0.05, 0) is 65.7 Å². The van der Waals surface area contributed by atoms with Crippen LogP contribution in [0, 0.1) is 6.92 Å². The van der Waals surface area contributed by atoms with Gasteiger partial charge < -0.3 is 14.8 Å². The van der Waals surface area contributed by atoms with Crippen molar-refractivity contribution in [3.63, 3.8) is 0 Å². The summed E-state index contributed by atoms with van der Waals surface area (Å²) in [6.45, 7) is 2.32. The molecule has 1 saturated heterocycles. The molecule has 1 N–H and O–H groups in total. The van der Waals surface area contributed by atoms with Gasteiger partial charge >= 0.3 is 0 Å². The summed E-state index contributed by atoms with van der Waals surface area (Å²) in [6, 6.07) is 19.1. The summed E-state index contributed by atoms with van der Waals surface area (Å²) >= 11 is 11.0. The average Bonchev–Trinajstić information content (AvgIpc) is 3.16. The zero-order valence-corrected chi connectivity index (χ0v) is 21.1. The third-order valence-corrected chi connectivity index (χ3v) is 6.92. The number of carbonyl (C=O) groups is 1. The summed E-state index contributed by atoms with van der Waals surface area (Å²) < 4.78 is 12.3. The van der Waals surface area contributed by atoms with E-state index in [1.807, 2.05) is 67.6 Å². The highest BCUT2D eigenvalue weighted by atomic mass is 79.9. The Morgan fingerprint density at radius 1 is 1.12 bits per heavy atom. The smallest absolute Gasteiger partial charge is 0.264 e. The van der Waals surface area contributed by atoms with Gasteiger partial charge in [0.2, 0.25) is 0 Å². The van der Waals surface area contributed by atoms with Crippen LogP contribution in [0.5, 0.6) is 11.5 Å². The van der Waals surface area contributed by atoms with Gasteiger partial charge in [0.1, 0.15) is 6.61 Å². The molecule has 5 nitrogen and oxygen atoms in total. The lowest BCUT2D eigenvalue weighted by Gasteiger charge is -2.13. The topological polar surface area (TPSA) is 59.9 Å². The maximum absolute atomic E-state index is 12.5. The van der Waals surface area contributed by atoms with Gasteiger partial charge in [-0.15, -0.1) is 0 Å². The first-order valence-electron chi connectivity index (χ1n) is 10.0. The van der Waals surface area contributed by atoms with Gasteiger partial charge in [0, 0.05) is 9.50 Å². The zero-order valence-electron chi connectivity index (χ0n) is 17.9. The number of amidine groups is 1. The van der Waals surface area contributed by atoms with Crippen LogP contribution >= 0.6 is 39.3 Å². The first-order chi connectivity index (χ1) is 15.9. The minimum absolute atomic E-state index is 0.214. The summed E-state index contributed by atoms with van der Waals surface area (Å²) in [5.74, 6) is 0.971. The molecule has 0 saturated carbocycles. The predicted octanol–water partition coefficient (Wildman–Crippen LogP) is 6.89. The highest BCUT2D eigenvalue weighted by Crippen LogP contribution is 2.37. The SMILES string of the molecule is COc1cc(/C=C2/SC(=Nc3cccc(Cl)c3C)NC2=O)c(Br)cc1OCc1ccccc1. The van der Waals surface area contributed by atoms with Crippen LogP contribution in [-0.4, -0.2) is 18.2 Å². The van der Waals surface area contributed by atoms with E-state index in [-0.39, 0.29) is 5.91 Å². The lowest BCUT2D eigenvalue weighted by atomic mass is 10.2. The van der Waals surface area contributed by atoms with Crippen molar-refractivity contribution >= 4 is 62.1 Å². The van der Waals surface area contributed by atoms with Gasteiger partial charge in [-0.1, -0.05) is 63.9 Å². The third-order valence-electron chi connectivity index (χ3n) is 4.92. The summed E-state index contributed by atoms with van der Waals surface area (Å²) in [7, 11) is 1.59. The number of carbonyl (C=O) groups excluding carboxylic acids is 1. The molecular formula is C25H20BrClN2O3S. The van der Waals surface area contributed by atoms with E-state index in [0.29, 0.717) is 38.9 Å². The lowest BCUT2D eigenvalue weighted by molar-refractivity contribution is -0.115. The van der Waals surface area contributed by atoms with E-state index in [1.54, 1.807) is 13.2 Å². The molecular weight excluding hydrogens is 524 g/mol. The fraction of sp³-hybridized carbons (Fsp3) is 0.120. The fourth-order valence-corrected chi connectivity index (χ4v) is 4.55. The fourth-order valence-electron chi connectivity index (χ4n) is 3.12. The number of hydrogen-bond acceptors (Lipinski definition) is 5. The maximum Gasteiger partial charge on any atom is 0.264 e. The van der Waals surface area contributed by atoms with E-state index < -0.39 is 0 Å². The highest BCUT2D eigenvalue weighted by Gasteiger charge is 2.25. The number of halogens is 2. The summed E-state index contributed by atoms with van der Waals surface area (Å²) in [5.41, 5.74) is 3.42. The number of aliphatic imine (C=N–C) groups is 1. The number of hydrogen-bond donors (Lipinski definition) is 1. The van der Waals surface area contributed by atoms with Crippen LogP contribution in [0.4, 0.5) is 5.69 Å². The second kappa shape index (κ2) is 10.5. The van der Waals surface area contributed by atoms with Crippen molar-refractivity contribution < 1.29 is 14.3 Å². The Labute approximate surface area is 210 Å². The molecule has 1 amide bonds. The van der Waals surface area contributed by atoms with E-state index in [1.165, 1.54) is 11.8 Å². The maximum atomic E-state index is 12.5. The van der Waals surface area contributed by atoms with Crippen LogP contribution in [0.1, 0.15) is 16.7 Å². The third kappa shape index (κ3) is 5.61. The van der Waals surface area contributed by atoms with Crippen molar-refractivity contribution in [2.45, 2.75) is 13.5 Å². The summed E-state index contributed by atoms with van der Waals surface area (Å²) in [4.78, 5) is 17.6. The van der Waals surface area contributed by atoms with Gasteiger partial charge in [-0.2, -0.15) is 0 Å². The molecule has 0 bridgehead atoms. The van der Waals surface area contributed by atoms with Crippen molar-refractivity contribution in [1.82, 2.24) is 5.32 Å². The highest BCUT2D eigenvalue weighted by molar-refractivity contribution is 9.10. The molecule has 0 aromatic heterocycles. The Kier molecular flexibility index (Phi) is 7.42. The Hall–Kier alpha value is -2.74. The molecule has 0 atom stereocenters. The van der Waals surface area contributed by atoms with Crippen molar-refractivity contribution in [2.24, 2.45) is 4.99 Å². The van der Waals surface area contributed by atoms with E-state index >= 15 is 0 Å². The van der Waals surface area contributed by atoms with Crippen LogP contribution in [0.25, 0.3) is 6.08 Å². The lowest BCUT2D eigenvalue weighted by Crippen LogP contribution is -2.19. The van der Waals surface area contributed by atoms with E-state index in [0.717, 1.165) is 21.2 Å². The Bertz CT molecular complexity index is 1260. The van der Waals surface area contributed by atoms with Gasteiger partial charge in [0.05, 0.1) is 17.7 Å². The molecule has 168 valence electrons. The number of benzene rings is 3. The second-order valence-corrected chi connectivity index (χ2v) is 9.46. The molecule has 8 heteroatoms. The molecule has 0 radical (unpaired) electrons. The molecule has 0 unspecified atom stereocenters. The molecule has 4 rings (SSSR count). The van der Waals surface area contributed by atoms with Gasteiger partial charge in [-0.3, -0.25) is 4.79 Å². The molecule has 3 aromatic rings.